The summed E-state index contributed by atoms with van der Waals surface area (Å²) in [6, 6.07) is 24.6. The molecule has 84 heavy (non-hydrogen) atoms. The molecule has 2 saturated heterocycles. The highest BCUT2D eigenvalue weighted by Gasteiger charge is 2.48. The number of fused-ring (bicyclic) bond motifs is 2. The largest absolute Gasteiger partial charge is 0.347 e. The van der Waals surface area contributed by atoms with Crippen LogP contribution in [0.4, 0.5) is 0 Å². The number of carbonyl (C=O) groups excluding carboxylic acids is 8. The van der Waals surface area contributed by atoms with Crippen molar-refractivity contribution in [1.82, 2.24) is 52.3 Å². The van der Waals surface area contributed by atoms with Gasteiger partial charge in [-0.1, -0.05) is 114 Å². The van der Waals surface area contributed by atoms with E-state index in [1.807, 2.05) is 102 Å². The van der Waals surface area contributed by atoms with Gasteiger partial charge < -0.3 is 52.3 Å². The Labute approximate surface area is 495 Å². The quantitative estimate of drug-likeness (QED) is 0.0584. The average molecular weight is 1150 g/mol. The maximum absolute atomic E-state index is 14.6. The van der Waals surface area contributed by atoms with Crippen molar-refractivity contribution < 1.29 is 38.4 Å². The molecule has 18 nitrogen and oxygen atoms in total. The number of rotatable bonds is 19. The summed E-state index contributed by atoms with van der Waals surface area (Å²) in [7, 11) is 3.34. The fourth-order valence-electron chi connectivity index (χ4n) is 12.1. The molecule has 8 amide bonds. The lowest BCUT2D eigenvalue weighted by atomic mass is 9.85. The first kappa shape index (κ1) is 62.6. The maximum atomic E-state index is 14.6. The van der Waals surface area contributed by atoms with Gasteiger partial charge in [0.2, 0.25) is 35.4 Å². The third-order valence-electron chi connectivity index (χ3n) is 17.4. The second-order valence-corrected chi connectivity index (χ2v) is 25.7. The summed E-state index contributed by atoms with van der Waals surface area (Å²) in [6.45, 7) is 14.8. The molecule has 4 aliphatic rings. The number of likely N-dealkylation sites (tertiary alicyclic amines) is 2. The zero-order valence-corrected chi connectivity index (χ0v) is 50.7. The van der Waals surface area contributed by atoms with E-state index in [2.05, 4.69) is 54.7 Å². The molecule has 2 heterocycles. The number of nitrogens with one attached hydrogen (secondary N) is 8. The molecule has 0 aromatic heterocycles. The van der Waals surface area contributed by atoms with Gasteiger partial charge in [0.1, 0.15) is 24.2 Å². The van der Waals surface area contributed by atoms with Crippen molar-refractivity contribution in [1.29, 1.82) is 0 Å². The van der Waals surface area contributed by atoms with Crippen LogP contribution in [-0.4, -0.2) is 133 Å². The van der Waals surface area contributed by atoms with Crippen LogP contribution in [-0.2, 0) is 54.5 Å². The number of amides is 8. The van der Waals surface area contributed by atoms with Crippen molar-refractivity contribution in [3.8, 4) is 0 Å². The van der Waals surface area contributed by atoms with Gasteiger partial charge in [0, 0.05) is 36.3 Å². The number of nitrogens with zero attached hydrogens (tertiary/aromatic N) is 2. The van der Waals surface area contributed by atoms with Crippen LogP contribution in [0.1, 0.15) is 160 Å². The van der Waals surface area contributed by atoms with Gasteiger partial charge in [-0.3, -0.25) is 38.4 Å². The Morgan fingerprint density at radius 2 is 0.857 bits per heavy atom. The third kappa shape index (κ3) is 15.1. The molecular weight excluding hydrogens is 1060 g/mol. The van der Waals surface area contributed by atoms with Crippen molar-refractivity contribution >= 4 is 47.3 Å². The van der Waals surface area contributed by atoms with Gasteiger partial charge in [0.25, 0.3) is 11.8 Å². The highest BCUT2D eigenvalue weighted by Crippen LogP contribution is 2.34. The van der Waals surface area contributed by atoms with Crippen molar-refractivity contribution in [2.75, 3.05) is 27.2 Å². The lowest BCUT2D eigenvalue weighted by Gasteiger charge is -2.36. The molecule has 0 radical (unpaired) electrons. The van der Waals surface area contributed by atoms with Gasteiger partial charge in [0.15, 0.2) is 0 Å². The van der Waals surface area contributed by atoms with Gasteiger partial charge in [-0.25, -0.2) is 0 Å². The van der Waals surface area contributed by atoms with E-state index < -0.39 is 59.2 Å². The fraction of sp³-hybridized carbons (Fsp3) is 0.515. The van der Waals surface area contributed by atoms with Crippen LogP contribution >= 0.6 is 0 Å². The minimum absolute atomic E-state index is 0.0828. The molecule has 0 spiro atoms. The summed E-state index contributed by atoms with van der Waals surface area (Å²) < 4.78 is 0. The smallest absolute Gasteiger partial charge is 0.251 e. The van der Waals surface area contributed by atoms with E-state index in [0.717, 1.165) is 60.8 Å². The van der Waals surface area contributed by atoms with Crippen LogP contribution in [0, 0.1) is 10.8 Å². The molecule has 4 aromatic rings. The van der Waals surface area contributed by atoms with E-state index in [9.17, 15) is 38.4 Å². The molecule has 2 fully saturated rings. The Hall–Kier alpha value is -7.44. The highest BCUT2D eigenvalue weighted by atomic mass is 16.2. The predicted molar refractivity (Wildman–Crippen MR) is 323 cm³/mol. The molecule has 10 atom stereocenters. The minimum Gasteiger partial charge on any atom is -0.347 e. The maximum Gasteiger partial charge on any atom is 0.251 e. The SMILES string of the molecule is CN[C@@H](C)C(=O)N[C@H](C(=O)N1C[C@H](NC(=O)c2ccc(CCc3ccc(C(=O)N[C@@H]4C[C@@H](C(=O)N[C@@H]5CCCc6ccccc65)N(C(=O)[C@@H](NC(=O)[C@H](C)NC)C(C)(C)C)C4)cc3)cc2)C[C@H]1C(=O)N[C@@H]1CCCc2ccccc21)C(C)(C)C. The van der Waals surface area contributed by atoms with Crippen LogP contribution in [0.25, 0.3) is 0 Å². The highest BCUT2D eigenvalue weighted by molar-refractivity contribution is 5.98. The first-order valence-electron chi connectivity index (χ1n) is 30.1. The number of benzene rings is 4. The average Bonchev–Trinajstić information content (AvgIpc) is 3.58. The van der Waals surface area contributed by atoms with E-state index in [1.165, 1.54) is 20.9 Å². The van der Waals surface area contributed by atoms with Crippen molar-refractivity contribution in [2.45, 2.75) is 180 Å². The van der Waals surface area contributed by atoms with Gasteiger partial charge in [-0.05, 0) is 161 Å². The Kier molecular flexibility index (Phi) is 20.2. The number of carbonyl (C=O) groups is 8. The van der Waals surface area contributed by atoms with Gasteiger partial charge in [-0.15, -0.1) is 0 Å². The van der Waals surface area contributed by atoms with E-state index >= 15 is 0 Å². The van der Waals surface area contributed by atoms with Gasteiger partial charge >= 0.3 is 0 Å². The lowest BCUT2D eigenvalue weighted by Crippen LogP contribution is -2.59. The van der Waals surface area contributed by atoms with Crippen LogP contribution in [0.15, 0.2) is 97.1 Å². The second-order valence-electron chi connectivity index (χ2n) is 25.7. The van der Waals surface area contributed by atoms with Crippen LogP contribution in [0.3, 0.4) is 0 Å². The summed E-state index contributed by atoms with van der Waals surface area (Å²) in [5.74, 6) is -2.73. The number of hydrogen-bond donors (Lipinski definition) is 8. The molecule has 8 rings (SSSR count). The topological polar surface area (TPSA) is 239 Å². The van der Waals surface area contributed by atoms with Crippen LogP contribution in [0.2, 0.25) is 0 Å². The molecule has 450 valence electrons. The van der Waals surface area contributed by atoms with Crippen LogP contribution < -0.4 is 42.5 Å². The van der Waals surface area contributed by atoms with Gasteiger partial charge in [-0.2, -0.15) is 0 Å². The van der Waals surface area contributed by atoms with Gasteiger partial charge in [0.05, 0.1) is 24.2 Å². The predicted octanol–water partition coefficient (Wildman–Crippen LogP) is 5.54. The molecule has 0 bridgehead atoms. The van der Waals surface area contributed by atoms with Crippen molar-refractivity contribution in [2.24, 2.45) is 10.8 Å². The summed E-state index contributed by atoms with van der Waals surface area (Å²) >= 11 is 0. The Morgan fingerprint density at radius 3 is 1.20 bits per heavy atom. The zero-order chi connectivity index (χ0) is 60.6. The van der Waals surface area contributed by atoms with E-state index in [0.29, 0.717) is 24.0 Å². The van der Waals surface area contributed by atoms with E-state index in [4.69, 9.17) is 0 Å². The standard InChI is InChI=1S/C66H88N10O8/c1-39(67-9)57(77)73-55(65(3,4)5)63(83)75-37-47(35-53(75)61(81)71-51-23-15-19-43-17-11-13-21-49(43)51)69-59(79)45-31-27-41(28-32-45)25-26-42-29-33-46(34-30-42)60(80)70-48-36-54(62(82)72-52-24-16-20-44-18-12-14-22-50(44)52)76(38-48)64(84)56(66(6,7)8)74-58(78)40(2)68-10/h11-14,17-18,21-22,27-34,39-40,47-48,51-56,67-68H,15-16,19-20,23-26,35-38H2,1-10H3,(H,69,79)(H,70,80)(H,71,81)(H,72,82)(H,73,77)(H,74,78)/t39-,40-,47+,48+,51+,52+,53-,54-,55+,56+/m0/s1. The number of aryl methyl sites for hydroxylation is 4. The zero-order valence-electron chi connectivity index (χ0n) is 50.7. The van der Waals surface area contributed by atoms with Crippen molar-refractivity contribution in [3.63, 3.8) is 0 Å². The van der Waals surface area contributed by atoms with E-state index in [1.54, 1.807) is 52.2 Å². The second kappa shape index (κ2) is 27.1. The fourth-order valence-corrected chi connectivity index (χ4v) is 12.1. The number of hydrogen-bond acceptors (Lipinski definition) is 10. The minimum atomic E-state index is -0.941. The Bertz CT molecular complexity index is 2840. The first-order valence-corrected chi connectivity index (χ1v) is 30.1. The summed E-state index contributed by atoms with van der Waals surface area (Å²) in [4.78, 5) is 115. The molecule has 2 aliphatic carbocycles. The lowest BCUT2D eigenvalue weighted by molar-refractivity contribution is -0.144. The normalized spacial score (nSPS) is 21.8. The van der Waals surface area contributed by atoms with Crippen LogP contribution in [0.5, 0.6) is 0 Å². The monoisotopic (exact) mass is 1150 g/mol. The Morgan fingerprint density at radius 1 is 0.500 bits per heavy atom. The molecule has 2 aliphatic heterocycles. The van der Waals surface area contributed by atoms with Crippen molar-refractivity contribution in [3.05, 3.63) is 142 Å². The summed E-state index contributed by atoms with van der Waals surface area (Å²) in [5.41, 5.74) is 5.97. The molecule has 8 N–H and O–H groups in total. The number of likely N-dealkylation sites (N-methyl/N-ethyl adjacent to an activating group) is 2. The third-order valence-corrected chi connectivity index (χ3v) is 17.4. The molecule has 18 heteroatoms. The molecule has 0 saturated carbocycles. The first-order chi connectivity index (χ1) is 39.9. The molecule has 0 unspecified atom stereocenters. The van der Waals surface area contributed by atoms with E-state index in [-0.39, 0.29) is 85.3 Å². The molecular formula is C66H88N10O8. The summed E-state index contributed by atoms with van der Waals surface area (Å²) in [5, 5.41) is 24.4. The Balaban J connectivity index is 0.889. The molecule has 4 aromatic carbocycles. The summed E-state index contributed by atoms with van der Waals surface area (Å²) in [6.07, 6.45) is 6.92.